The van der Waals surface area contributed by atoms with E-state index in [1.165, 1.54) is 5.56 Å². The molecular weight excluding hydrogens is 168 g/mol. The summed E-state index contributed by atoms with van der Waals surface area (Å²) < 4.78 is 0. The van der Waals surface area contributed by atoms with Gasteiger partial charge in [0.25, 0.3) is 0 Å². The van der Waals surface area contributed by atoms with E-state index in [4.69, 9.17) is 19.4 Å². The zero-order chi connectivity index (χ0) is 8.55. The highest BCUT2D eigenvalue weighted by atomic mass is 35.5. The first kappa shape index (κ1) is 7.87. The molecule has 12 heavy (non-hydrogen) atoms. The lowest BCUT2D eigenvalue weighted by molar-refractivity contribution is 1.11. The van der Waals surface area contributed by atoms with Crippen molar-refractivity contribution in [2.75, 3.05) is 0 Å². The minimum absolute atomic E-state index is 0.509. The van der Waals surface area contributed by atoms with Crippen molar-refractivity contribution < 1.29 is 0 Å². The first-order chi connectivity index (χ1) is 5.81. The van der Waals surface area contributed by atoms with E-state index in [0.717, 1.165) is 22.8 Å². The van der Waals surface area contributed by atoms with Gasteiger partial charge in [0.1, 0.15) is 0 Å². The first-order valence-electron chi connectivity index (χ1n) is 3.83. The summed E-state index contributed by atoms with van der Waals surface area (Å²) in [6, 6.07) is 5.80. The van der Waals surface area contributed by atoms with Crippen LogP contribution in [0.25, 0.3) is 0 Å². The van der Waals surface area contributed by atoms with E-state index in [0.29, 0.717) is 6.32 Å². The second kappa shape index (κ2) is 2.94. The van der Waals surface area contributed by atoms with Crippen molar-refractivity contribution in [3.63, 3.8) is 0 Å². The van der Waals surface area contributed by atoms with E-state index in [2.05, 4.69) is 4.99 Å². The van der Waals surface area contributed by atoms with Crippen LogP contribution in [0.4, 0.5) is 0 Å². The molecule has 1 aromatic rings. The number of fused-ring (bicyclic) bond motifs is 1. The normalized spacial score (nSPS) is 14.2. The lowest BCUT2D eigenvalue weighted by atomic mass is 9.94. The van der Waals surface area contributed by atoms with E-state index in [1.807, 2.05) is 18.2 Å². The molecular formula is C9H7BClN. The number of halogens is 1. The van der Waals surface area contributed by atoms with Crippen LogP contribution in [0.2, 0.25) is 11.3 Å². The third-order valence-electron chi connectivity index (χ3n) is 2.01. The maximum Gasteiger partial charge on any atom is 0.0738 e. The molecule has 0 unspecified atom stereocenters. The van der Waals surface area contributed by atoms with Gasteiger partial charge < -0.3 is 0 Å². The fourth-order valence-electron chi connectivity index (χ4n) is 1.41. The molecule has 0 bridgehead atoms. The van der Waals surface area contributed by atoms with Crippen molar-refractivity contribution >= 4 is 25.2 Å². The van der Waals surface area contributed by atoms with Crippen molar-refractivity contribution in [2.24, 2.45) is 4.99 Å². The second-order valence-corrected chi connectivity index (χ2v) is 3.20. The van der Waals surface area contributed by atoms with Crippen molar-refractivity contribution in [2.45, 2.75) is 12.9 Å². The van der Waals surface area contributed by atoms with Crippen LogP contribution in [-0.2, 0) is 6.54 Å². The highest BCUT2D eigenvalue weighted by Gasteiger charge is 2.13. The maximum absolute atomic E-state index is 5.83. The van der Waals surface area contributed by atoms with Crippen LogP contribution in [0.5, 0.6) is 0 Å². The van der Waals surface area contributed by atoms with Gasteiger partial charge in [0.05, 0.1) is 14.4 Å². The van der Waals surface area contributed by atoms with E-state index in [-0.39, 0.29) is 0 Å². The molecule has 3 heteroatoms. The Morgan fingerprint density at radius 3 is 3.08 bits per heavy atom. The summed E-state index contributed by atoms with van der Waals surface area (Å²) in [6.07, 6.45) is 0.509. The van der Waals surface area contributed by atoms with E-state index < -0.39 is 0 Å². The highest BCUT2D eigenvalue weighted by Crippen LogP contribution is 2.23. The molecule has 0 aromatic heterocycles. The Labute approximate surface area is 77.9 Å². The largest absolute Gasteiger partial charge is 0.285 e. The third-order valence-corrected chi connectivity index (χ3v) is 2.25. The van der Waals surface area contributed by atoms with Gasteiger partial charge in [-0.1, -0.05) is 17.7 Å². The average molecular weight is 175 g/mol. The van der Waals surface area contributed by atoms with Gasteiger partial charge in [-0.05, 0) is 29.6 Å². The molecule has 0 saturated carbocycles. The van der Waals surface area contributed by atoms with Crippen molar-refractivity contribution in [3.05, 3.63) is 34.3 Å². The Balaban J connectivity index is 2.47. The van der Waals surface area contributed by atoms with Crippen molar-refractivity contribution in [1.82, 2.24) is 0 Å². The van der Waals surface area contributed by atoms with Gasteiger partial charge in [-0.15, -0.1) is 0 Å². The Bertz CT molecular complexity index is 346. The molecule has 58 valence electrons. The molecule has 0 atom stereocenters. The Morgan fingerprint density at radius 2 is 2.33 bits per heavy atom. The minimum Gasteiger partial charge on any atom is -0.285 e. The average Bonchev–Trinajstić information content (AvgIpc) is 2.46. The van der Waals surface area contributed by atoms with Gasteiger partial charge >= 0.3 is 0 Å². The predicted molar refractivity (Wildman–Crippen MR) is 52.3 cm³/mol. The van der Waals surface area contributed by atoms with E-state index in [1.54, 1.807) is 0 Å². The van der Waals surface area contributed by atoms with Gasteiger partial charge in [-0.2, -0.15) is 0 Å². The SMILES string of the molecule is [B]CC1=NCc2cc(Cl)ccc21. The fraction of sp³-hybridized carbons (Fsp3) is 0.222. The number of nitrogens with zero attached hydrogens (tertiary/aromatic N) is 1. The standard InChI is InChI=1S/C9H7BClN/c10-4-9-8-2-1-7(11)3-6(8)5-12-9/h1-3H,4-5H2. The quantitative estimate of drug-likeness (QED) is 0.581. The monoisotopic (exact) mass is 175 g/mol. The van der Waals surface area contributed by atoms with Crippen LogP contribution in [0, 0.1) is 0 Å². The summed E-state index contributed by atoms with van der Waals surface area (Å²) in [5.41, 5.74) is 3.33. The van der Waals surface area contributed by atoms with E-state index in [9.17, 15) is 0 Å². The maximum atomic E-state index is 5.83. The summed E-state index contributed by atoms with van der Waals surface area (Å²) >= 11 is 5.83. The van der Waals surface area contributed by atoms with E-state index >= 15 is 0 Å². The summed E-state index contributed by atoms with van der Waals surface area (Å²) in [4.78, 5) is 4.30. The molecule has 1 aliphatic rings. The van der Waals surface area contributed by atoms with Gasteiger partial charge in [0.2, 0.25) is 0 Å². The Hall–Kier alpha value is -0.755. The number of aliphatic imine (C=N–C) groups is 1. The molecule has 2 radical (unpaired) electrons. The predicted octanol–water partition coefficient (Wildman–Crippen LogP) is 2.23. The molecule has 0 aliphatic carbocycles. The molecule has 1 aromatic carbocycles. The first-order valence-corrected chi connectivity index (χ1v) is 4.21. The summed E-state index contributed by atoms with van der Waals surface area (Å²) in [6.45, 7) is 0.725. The number of rotatable bonds is 1. The Kier molecular flexibility index (Phi) is 1.93. The summed E-state index contributed by atoms with van der Waals surface area (Å²) in [7, 11) is 5.52. The molecule has 0 amide bonds. The topological polar surface area (TPSA) is 12.4 Å². The molecule has 0 saturated heterocycles. The molecule has 1 heterocycles. The molecule has 1 aliphatic heterocycles. The second-order valence-electron chi connectivity index (χ2n) is 2.77. The zero-order valence-electron chi connectivity index (χ0n) is 6.55. The van der Waals surface area contributed by atoms with Gasteiger partial charge in [0, 0.05) is 10.7 Å². The molecule has 2 rings (SSSR count). The van der Waals surface area contributed by atoms with Gasteiger partial charge in [-0.3, -0.25) is 4.99 Å². The summed E-state index contributed by atoms with van der Waals surface area (Å²) in [5.74, 6) is 0. The smallest absolute Gasteiger partial charge is 0.0738 e. The van der Waals surface area contributed by atoms with Crippen LogP contribution in [0.15, 0.2) is 23.2 Å². The highest BCUT2D eigenvalue weighted by molar-refractivity contribution is 6.31. The molecule has 0 N–H and O–H groups in total. The zero-order valence-corrected chi connectivity index (χ0v) is 7.30. The van der Waals surface area contributed by atoms with Crippen LogP contribution in [0.1, 0.15) is 11.1 Å². The van der Waals surface area contributed by atoms with Crippen molar-refractivity contribution in [1.29, 1.82) is 0 Å². The van der Waals surface area contributed by atoms with Crippen LogP contribution in [-0.4, -0.2) is 13.6 Å². The van der Waals surface area contributed by atoms with Crippen LogP contribution >= 0.6 is 11.6 Å². The van der Waals surface area contributed by atoms with Gasteiger partial charge in [0.15, 0.2) is 0 Å². The van der Waals surface area contributed by atoms with Gasteiger partial charge in [-0.25, -0.2) is 0 Å². The minimum atomic E-state index is 0.509. The number of hydrogen-bond donors (Lipinski definition) is 0. The lowest BCUT2D eigenvalue weighted by Crippen LogP contribution is -1.96. The molecule has 0 spiro atoms. The molecule has 1 nitrogen and oxygen atoms in total. The van der Waals surface area contributed by atoms with Crippen molar-refractivity contribution in [3.8, 4) is 0 Å². The Morgan fingerprint density at radius 1 is 1.50 bits per heavy atom. The molecule has 0 fully saturated rings. The van der Waals surface area contributed by atoms with Crippen LogP contribution < -0.4 is 0 Å². The third kappa shape index (κ3) is 1.16. The van der Waals surface area contributed by atoms with Crippen LogP contribution in [0.3, 0.4) is 0 Å². The number of hydrogen-bond acceptors (Lipinski definition) is 1. The lowest BCUT2D eigenvalue weighted by Gasteiger charge is -2.00. The summed E-state index contributed by atoms with van der Waals surface area (Å²) in [5, 5.41) is 0.766. The fourth-order valence-corrected chi connectivity index (χ4v) is 1.61. The number of benzene rings is 1.